The van der Waals surface area contributed by atoms with Crippen molar-refractivity contribution < 1.29 is 14.3 Å². The summed E-state index contributed by atoms with van der Waals surface area (Å²) in [6, 6.07) is 9.61. The highest BCUT2D eigenvalue weighted by Gasteiger charge is 2.30. The number of amides is 1. The average molecular weight is 379 g/mol. The highest BCUT2D eigenvalue weighted by molar-refractivity contribution is 6.05. The first-order valence-electron chi connectivity index (χ1n) is 9.65. The van der Waals surface area contributed by atoms with Crippen LogP contribution in [0.1, 0.15) is 55.2 Å². The number of carbonyl (C=O) groups excluding carboxylic acids is 2. The first-order chi connectivity index (χ1) is 13.4. The van der Waals surface area contributed by atoms with Gasteiger partial charge in [-0.15, -0.1) is 0 Å². The largest absolute Gasteiger partial charge is 0.452 e. The van der Waals surface area contributed by atoms with Crippen LogP contribution in [0.4, 0.5) is 0 Å². The molecule has 1 atom stereocenters. The number of hydrogen-bond donors (Lipinski definition) is 1. The number of nitrogens with one attached hydrogen (secondary N) is 1. The second-order valence-corrected chi connectivity index (χ2v) is 7.73. The lowest BCUT2D eigenvalue weighted by Gasteiger charge is -2.27. The molecule has 1 aliphatic carbocycles. The molecule has 0 saturated heterocycles. The van der Waals surface area contributed by atoms with Crippen LogP contribution in [-0.4, -0.2) is 29.0 Å². The number of aryl methyl sites for hydroxylation is 1. The Morgan fingerprint density at radius 1 is 1.29 bits per heavy atom. The molecule has 6 heteroatoms. The number of nitrogens with zero attached hydrogens (tertiary/aromatic N) is 2. The quantitative estimate of drug-likeness (QED) is 0.805. The normalized spacial score (nSPS) is 15.4. The molecule has 0 spiro atoms. The van der Waals surface area contributed by atoms with Gasteiger partial charge < -0.3 is 10.1 Å². The molecule has 0 bridgehead atoms. The van der Waals surface area contributed by atoms with Gasteiger partial charge in [-0.1, -0.05) is 32.0 Å². The number of rotatable bonds is 5. The van der Waals surface area contributed by atoms with Crippen LogP contribution in [0.2, 0.25) is 0 Å². The summed E-state index contributed by atoms with van der Waals surface area (Å²) < 4.78 is 5.35. The Balaban J connectivity index is 1.83. The van der Waals surface area contributed by atoms with Gasteiger partial charge in [-0.25, -0.2) is 4.79 Å². The number of benzene rings is 1. The number of aromatic nitrogens is 1. The number of pyridine rings is 1. The van der Waals surface area contributed by atoms with E-state index in [2.05, 4.69) is 11.4 Å². The van der Waals surface area contributed by atoms with E-state index in [4.69, 9.17) is 9.72 Å². The molecule has 146 valence electrons. The van der Waals surface area contributed by atoms with Gasteiger partial charge >= 0.3 is 5.97 Å². The van der Waals surface area contributed by atoms with Crippen LogP contribution in [0.25, 0.3) is 10.9 Å². The van der Waals surface area contributed by atoms with Crippen molar-refractivity contribution in [2.75, 3.05) is 6.61 Å². The third-order valence-corrected chi connectivity index (χ3v) is 5.49. The predicted molar refractivity (Wildman–Crippen MR) is 106 cm³/mol. The fourth-order valence-corrected chi connectivity index (χ4v) is 3.44. The lowest BCUT2D eigenvalue weighted by molar-refractivity contribution is -0.125. The molecule has 1 N–H and O–H groups in total. The summed E-state index contributed by atoms with van der Waals surface area (Å²) in [6.07, 6.45) is 3.68. The van der Waals surface area contributed by atoms with E-state index in [9.17, 15) is 14.9 Å². The Kier molecular flexibility index (Phi) is 5.64. The summed E-state index contributed by atoms with van der Waals surface area (Å²) in [5.41, 5.74) is 2.14. The minimum atomic E-state index is -1.01. The first-order valence-corrected chi connectivity index (χ1v) is 9.65. The Hall–Kier alpha value is -2.94. The predicted octanol–water partition coefficient (Wildman–Crippen LogP) is 3.32. The van der Waals surface area contributed by atoms with Crippen LogP contribution < -0.4 is 5.32 Å². The fourth-order valence-electron chi connectivity index (χ4n) is 3.44. The number of para-hydroxylation sites is 1. The monoisotopic (exact) mass is 379 g/mol. The standard InChI is InChI=1S/C22H25N3O3/c1-14(2)22(3,13-23)25-19(26)12-28-21(27)20-15-8-4-6-10-17(15)24-18-11-7-5-9-16(18)20/h4,6,8,10,14H,5,7,9,11-12H2,1-3H3,(H,25,26)/t22-/m0/s1. The lowest BCUT2D eigenvalue weighted by atomic mass is 9.90. The molecule has 1 aromatic carbocycles. The molecule has 0 saturated carbocycles. The second-order valence-electron chi connectivity index (χ2n) is 7.73. The molecular weight excluding hydrogens is 354 g/mol. The number of hydrogen-bond acceptors (Lipinski definition) is 5. The van der Waals surface area contributed by atoms with Crippen LogP contribution in [0.3, 0.4) is 0 Å². The number of carbonyl (C=O) groups is 2. The molecule has 28 heavy (non-hydrogen) atoms. The summed E-state index contributed by atoms with van der Waals surface area (Å²) in [5, 5.41) is 12.7. The van der Waals surface area contributed by atoms with E-state index >= 15 is 0 Å². The maximum absolute atomic E-state index is 12.9. The summed E-state index contributed by atoms with van der Waals surface area (Å²) in [5.74, 6) is -1.08. The Morgan fingerprint density at radius 3 is 2.71 bits per heavy atom. The van der Waals surface area contributed by atoms with Gasteiger partial charge in [-0.05, 0) is 50.2 Å². The molecule has 1 amide bonds. The van der Waals surface area contributed by atoms with Crippen molar-refractivity contribution in [3.05, 3.63) is 41.1 Å². The summed E-state index contributed by atoms with van der Waals surface area (Å²) >= 11 is 0. The van der Waals surface area contributed by atoms with Crippen molar-refractivity contribution in [1.82, 2.24) is 10.3 Å². The van der Waals surface area contributed by atoms with Crippen molar-refractivity contribution in [3.8, 4) is 6.07 Å². The molecule has 2 aromatic rings. The zero-order chi connectivity index (χ0) is 20.3. The van der Waals surface area contributed by atoms with Crippen molar-refractivity contribution >= 4 is 22.8 Å². The maximum atomic E-state index is 12.9. The van der Waals surface area contributed by atoms with Crippen LogP contribution in [0, 0.1) is 17.2 Å². The molecular formula is C22H25N3O3. The van der Waals surface area contributed by atoms with E-state index in [0.717, 1.165) is 47.8 Å². The summed E-state index contributed by atoms with van der Waals surface area (Å²) in [6.45, 7) is 4.94. The zero-order valence-corrected chi connectivity index (χ0v) is 16.5. The average Bonchev–Trinajstić information content (AvgIpc) is 2.69. The van der Waals surface area contributed by atoms with Crippen LogP contribution in [0.15, 0.2) is 24.3 Å². The second kappa shape index (κ2) is 7.97. The minimum absolute atomic E-state index is 0.0756. The van der Waals surface area contributed by atoms with Crippen LogP contribution in [-0.2, 0) is 22.4 Å². The number of esters is 1. The molecule has 0 aliphatic heterocycles. The van der Waals surface area contributed by atoms with Crippen molar-refractivity contribution in [3.63, 3.8) is 0 Å². The SMILES string of the molecule is CC(C)[C@](C)(C#N)NC(=O)COC(=O)c1c2c(nc3ccccc13)CCCC2. The lowest BCUT2D eigenvalue weighted by Crippen LogP contribution is -2.50. The van der Waals surface area contributed by atoms with Gasteiger partial charge in [0.25, 0.3) is 5.91 Å². The highest BCUT2D eigenvalue weighted by atomic mass is 16.5. The molecule has 1 heterocycles. The van der Waals surface area contributed by atoms with E-state index in [1.807, 2.05) is 38.1 Å². The fraction of sp³-hybridized carbons (Fsp3) is 0.455. The van der Waals surface area contributed by atoms with E-state index < -0.39 is 24.0 Å². The number of nitriles is 1. The van der Waals surface area contributed by atoms with E-state index in [-0.39, 0.29) is 5.92 Å². The summed E-state index contributed by atoms with van der Waals surface area (Å²) in [7, 11) is 0. The van der Waals surface area contributed by atoms with E-state index in [1.165, 1.54) is 0 Å². The van der Waals surface area contributed by atoms with Crippen LogP contribution in [0.5, 0.6) is 0 Å². The topological polar surface area (TPSA) is 92.1 Å². The molecule has 0 unspecified atom stereocenters. The van der Waals surface area contributed by atoms with E-state index in [0.29, 0.717) is 5.56 Å². The third-order valence-electron chi connectivity index (χ3n) is 5.49. The maximum Gasteiger partial charge on any atom is 0.339 e. The van der Waals surface area contributed by atoms with Gasteiger partial charge in [0.15, 0.2) is 6.61 Å². The highest BCUT2D eigenvalue weighted by Crippen LogP contribution is 2.29. The molecule has 0 fully saturated rings. The van der Waals surface area contributed by atoms with E-state index in [1.54, 1.807) is 6.92 Å². The molecule has 1 aromatic heterocycles. The van der Waals surface area contributed by atoms with Gasteiger partial charge in [0.2, 0.25) is 0 Å². The molecule has 1 aliphatic rings. The van der Waals surface area contributed by atoms with Crippen molar-refractivity contribution in [1.29, 1.82) is 5.26 Å². The van der Waals surface area contributed by atoms with Crippen molar-refractivity contribution in [2.24, 2.45) is 5.92 Å². The van der Waals surface area contributed by atoms with Gasteiger partial charge in [0.05, 0.1) is 17.1 Å². The number of fused-ring (bicyclic) bond motifs is 2. The Morgan fingerprint density at radius 2 is 2.00 bits per heavy atom. The zero-order valence-electron chi connectivity index (χ0n) is 16.5. The van der Waals surface area contributed by atoms with Gasteiger partial charge in [0, 0.05) is 11.1 Å². The van der Waals surface area contributed by atoms with Gasteiger partial charge in [0.1, 0.15) is 5.54 Å². The molecule has 0 radical (unpaired) electrons. The Bertz CT molecular complexity index is 961. The third kappa shape index (κ3) is 3.84. The van der Waals surface area contributed by atoms with Gasteiger partial charge in [-0.3, -0.25) is 9.78 Å². The molecule has 3 rings (SSSR count). The first kappa shape index (κ1) is 19.8. The molecule has 6 nitrogen and oxygen atoms in total. The van der Waals surface area contributed by atoms with Gasteiger partial charge in [-0.2, -0.15) is 5.26 Å². The Labute approximate surface area is 164 Å². The summed E-state index contributed by atoms with van der Waals surface area (Å²) in [4.78, 5) is 29.9. The minimum Gasteiger partial charge on any atom is -0.452 e. The number of ether oxygens (including phenoxy) is 1. The smallest absolute Gasteiger partial charge is 0.339 e. The van der Waals surface area contributed by atoms with Crippen molar-refractivity contribution in [2.45, 2.75) is 52.0 Å². The van der Waals surface area contributed by atoms with Crippen LogP contribution >= 0.6 is 0 Å².